The molecule has 2 aromatic carbocycles. The number of thiocarbonyl (C=S) groups is 1. The van der Waals surface area contributed by atoms with E-state index in [0.29, 0.717) is 29.7 Å². The summed E-state index contributed by atoms with van der Waals surface area (Å²) in [6.07, 6.45) is 0. The minimum atomic E-state index is 0.343. The van der Waals surface area contributed by atoms with Gasteiger partial charge in [-0.1, -0.05) is 40.3 Å². The zero-order chi connectivity index (χ0) is 15.2. The maximum atomic E-state index is 5.83. The van der Waals surface area contributed by atoms with Gasteiger partial charge in [-0.15, -0.1) is 0 Å². The lowest BCUT2D eigenvalue weighted by Crippen LogP contribution is -2.10. The van der Waals surface area contributed by atoms with E-state index in [2.05, 4.69) is 15.9 Å². The smallest absolute Gasteiger partial charge is 0.161 e. The Bertz CT molecular complexity index is 629. The van der Waals surface area contributed by atoms with Gasteiger partial charge in [-0.2, -0.15) is 0 Å². The van der Waals surface area contributed by atoms with Crippen LogP contribution in [0, 0.1) is 0 Å². The van der Waals surface area contributed by atoms with Gasteiger partial charge >= 0.3 is 0 Å². The van der Waals surface area contributed by atoms with Crippen LogP contribution in [0.3, 0.4) is 0 Å². The largest absolute Gasteiger partial charge is 0.490 e. The monoisotopic (exact) mass is 365 g/mol. The van der Waals surface area contributed by atoms with E-state index in [0.717, 1.165) is 15.6 Å². The molecule has 0 saturated heterocycles. The van der Waals surface area contributed by atoms with Crippen LogP contribution in [0.25, 0.3) is 0 Å². The molecule has 0 amide bonds. The molecule has 0 radical (unpaired) electrons. The topological polar surface area (TPSA) is 44.5 Å². The first-order chi connectivity index (χ1) is 10.1. The van der Waals surface area contributed by atoms with Crippen molar-refractivity contribution in [1.82, 2.24) is 0 Å². The molecule has 0 unspecified atom stereocenters. The predicted molar refractivity (Wildman–Crippen MR) is 92.0 cm³/mol. The molecule has 0 aliphatic heterocycles. The number of nitrogens with two attached hydrogens (primary N) is 1. The Balaban J connectivity index is 2.14. The minimum Gasteiger partial charge on any atom is -0.490 e. The molecule has 0 fully saturated rings. The maximum Gasteiger partial charge on any atom is 0.161 e. The minimum absolute atomic E-state index is 0.343. The van der Waals surface area contributed by atoms with Crippen LogP contribution in [-0.4, -0.2) is 11.6 Å². The molecule has 0 heterocycles. The van der Waals surface area contributed by atoms with E-state index in [9.17, 15) is 0 Å². The van der Waals surface area contributed by atoms with Crippen LogP contribution in [0.5, 0.6) is 11.5 Å². The second-order valence-corrected chi connectivity index (χ2v) is 5.73. The molecular formula is C16H16BrNO2S. The molecule has 0 aliphatic carbocycles. The van der Waals surface area contributed by atoms with Crippen molar-refractivity contribution in [1.29, 1.82) is 0 Å². The highest BCUT2D eigenvalue weighted by Crippen LogP contribution is 2.29. The fourth-order valence-corrected chi connectivity index (χ4v) is 2.18. The van der Waals surface area contributed by atoms with Gasteiger partial charge < -0.3 is 15.2 Å². The van der Waals surface area contributed by atoms with Crippen LogP contribution >= 0.6 is 28.1 Å². The van der Waals surface area contributed by atoms with E-state index in [1.807, 2.05) is 49.4 Å². The Morgan fingerprint density at radius 2 is 1.81 bits per heavy atom. The van der Waals surface area contributed by atoms with Gasteiger partial charge in [0.15, 0.2) is 11.5 Å². The number of rotatable bonds is 6. The quantitative estimate of drug-likeness (QED) is 0.783. The Morgan fingerprint density at radius 3 is 2.43 bits per heavy atom. The van der Waals surface area contributed by atoms with Gasteiger partial charge in [-0.25, -0.2) is 0 Å². The Morgan fingerprint density at radius 1 is 1.10 bits per heavy atom. The van der Waals surface area contributed by atoms with Gasteiger partial charge in [-0.05, 0) is 42.8 Å². The molecular weight excluding hydrogens is 350 g/mol. The fourth-order valence-electron chi connectivity index (χ4n) is 1.79. The third-order valence-corrected chi connectivity index (χ3v) is 3.60. The second-order valence-electron chi connectivity index (χ2n) is 4.37. The molecule has 0 atom stereocenters. The van der Waals surface area contributed by atoms with Crippen molar-refractivity contribution in [2.45, 2.75) is 13.5 Å². The van der Waals surface area contributed by atoms with E-state index >= 15 is 0 Å². The SMILES string of the molecule is CCOc1cc(C(N)=S)ccc1OCc1ccc(Br)cc1. The van der Waals surface area contributed by atoms with Gasteiger partial charge in [0, 0.05) is 10.0 Å². The lowest BCUT2D eigenvalue weighted by atomic mass is 10.2. The fraction of sp³-hybridized carbons (Fsp3) is 0.188. The maximum absolute atomic E-state index is 5.83. The first-order valence-corrected chi connectivity index (χ1v) is 7.74. The molecule has 0 aliphatic rings. The molecule has 110 valence electrons. The van der Waals surface area contributed by atoms with Crippen LogP contribution < -0.4 is 15.2 Å². The molecule has 0 aromatic heterocycles. The summed E-state index contributed by atoms with van der Waals surface area (Å²) in [6, 6.07) is 13.5. The highest BCUT2D eigenvalue weighted by molar-refractivity contribution is 9.10. The summed E-state index contributed by atoms with van der Waals surface area (Å²) in [7, 11) is 0. The first-order valence-electron chi connectivity index (χ1n) is 6.54. The van der Waals surface area contributed by atoms with E-state index in [1.165, 1.54) is 0 Å². The third-order valence-electron chi connectivity index (χ3n) is 2.84. The summed E-state index contributed by atoms with van der Waals surface area (Å²) >= 11 is 8.39. The van der Waals surface area contributed by atoms with E-state index in [1.54, 1.807) is 0 Å². The lowest BCUT2D eigenvalue weighted by molar-refractivity contribution is 0.269. The zero-order valence-electron chi connectivity index (χ0n) is 11.6. The Labute approximate surface area is 138 Å². The molecule has 5 heteroatoms. The van der Waals surface area contributed by atoms with Crippen molar-refractivity contribution in [2.75, 3.05) is 6.61 Å². The lowest BCUT2D eigenvalue weighted by Gasteiger charge is -2.13. The van der Waals surface area contributed by atoms with Crippen LogP contribution in [0.15, 0.2) is 46.9 Å². The molecule has 0 bridgehead atoms. The van der Waals surface area contributed by atoms with Gasteiger partial charge in [0.05, 0.1) is 6.61 Å². The van der Waals surface area contributed by atoms with Crippen molar-refractivity contribution in [2.24, 2.45) is 5.73 Å². The highest BCUT2D eigenvalue weighted by Gasteiger charge is 2.08. The van der Waals surface area contributed by atoms with E-state index < -0.39 is 0 Å². The third kappa shape index (κ3) is 4.44. The van der Waals surface area contributed by atoms with Gasteiger partial charge in [0.25, 0.3) is 0 Å². The molecule has 0 saturated carbocycles. The van der Waals surface area contributed by atoms with Crippen LogP contribution in [0.1, 0.15) is 18.1 Å². The summed E-state index contributed by atoms with van der Waals surface area (Å²) in [6.45, 7) is 2.95. The zero-order valence-corrected chi connectivity index (χ0v) is 14.0. The van der Waals surface area contributed by atoms with Crippen LogP contribution in [0.4, 0.5) is 0 Å². The van der Waals surface area contributed by atoms with Crippen molar-refractivity contribution < 1.29 is 9.47 Å². The van der Waals surface area contributed by atoms with E-state index in [-0.39, 0.29) is 0 Å². The average molecular weight is 366 g/mol. The first kappa shape index (κ1) is 15.8. The number of ether oxygens (including phenoxy) is 2. The van der Waals surface area contributed by atoms with Crippen LogP contribution in [0.2, 0.25) is 0 Å². The second kappa shape index (κ2) is 7.43. The molecule has 21 heavy (non-hydrogen) atoms. The van der Waals surface area contributed by atoms with Crippen LogP contribution in [-0.2, 0) is 6.61 Å². The van der Waals surface area contributed by atoms with Crippen molar-refractivity contribution in [3.63, 3.8) is 0 Å². The summed E-state index contributed by atoms with van der Waals surface area (Å²) in [5.41, 5.74) is 7.49. The average Bonchev–Trinajstić information content (AvgIpc) is 2.47. The Kier molecular flexibility index (Phi) is 5.59. The van der Waals surface area contributed by atoms with Gasteiger partial charge in [0.2, 0.25) is 0 Å². The number of hydrogen-bond donors (Lipinski definition) is 1. The van der Waals surface area contributed by atoms with E-state index in [4.69, 9.17) is 27.4 Å². The molecule has 2 N–H and O–H groups in total. The van der Waals surface area contributed by atoms with Crippen molar-refractivity contribution >= 4 is 33.1 Å². The van der Waals surface area contributed by atoms with Crippen molar-refractivity contribution in [3.8, 4) is 11.5 Å². The Hall–Kier alpha value is -1.59. The summed E-state index contributed by atoms with van der Waals surface area (Å²) in [4.78, 5) is 0.343. The standard InChI is InChI=1S/C16H16BrNO2S/c1-2-19-15-9-12(16(18)21)5-8-14(15)20-10-11-3-6-13(17)7-4-11/h3-9H,2,10H2,1H3,(H2,18,21). The molecule has 3 nitrogen and oxygen atoms in total. The van der Waals surface area contributed by atoms with Gasteiger partial charge in [0.1, 0.15) is 11.6 Å². The summed E-state index contributed by atoms with van der Waals surface area (Å²) in [5.74, 6) is 1.33. The van der Waals surface area contributed by atoms with Gasteiger partial charge in [-0.3, -0.25) is 0 Å². The number of halogens is 1. The molecule has 2 aromatic rings. The van der Waals surface area contributed by atoms with Crippen molar-refractivity contribution in [3.05, 3.63) is 58.1 Å². The normalized spacial score (nSPS) is 10.2. The predicted octanol–water partition coefficient (Wildman–Crippen LogP) is 4.06. The molecule has 0 spiro atoms. The summed E-state index contributed by atoms with van der Waals surface area (Å²) < 4.78 is 12.5. The highest BCUT2D eigenvalue weighted by atomic mass is 79.9. The number of hydrogen-bond acceptors (Lipinski definition) is 3. The molecule has 2 rings (SSSR count). The summed E-state index contributed by atoms with van der Waals surface area (Å²) in [5, 5.41) is 0. The number of benzene rings is 2.